The first kappa shape index (κ1) is 14.9. The van der Waals surface area contributed by atoms with E-state index in [1.165, 1.54) is 11.8 Å². The molecule has 2 aromatic rings. The van der Waals surface area contributed by atoms with E-state index in [0.29, 0.717) is 5.16 Å². The molecule has 1 N–H and O–H groups in total. The summed E-state index contributed by atoms with van der Waals surface area (Å²) in [6, 6.07) is 9.77. The van der Waals surface area contributed by atoms with E-state index in [4.69, 9.17) is 5.11 Å². The molecule has 0 saturated heterocycles. The van der Waals surface area contributed by atoms with Crippen LogP contribution in [0.3, 0.4) is 0 Å². The second kappa shape index (κ2) is 7.35. The summed E-state index contributed by atoms with van der Waals surface area (Å²) in [5, 5.41) is 17.7. The van der Waals surface area contributed by atoms with E-state index in [1.54, 1.807) is 11.8 Å². The molecule has 0 amide bonds. The van der Waals surface area contributed by atoms with Gasteiger partial charge in [-0.25, -0.2) is 0 Å². The summed E-state index contributed by atoms with van der Waals surface area (Å²) >= 11 is 2.93. The Morgan fingerprint density at radius 3 is 2.70 bits per heavy atom. The van der Waals surface area contributed by atoms with Gasteiger partial charge in [-0.1, -0.05) is 30.0 Å². The van der Waals surface area contributed by atoms with Crippen molar-refractivity contribution in [3.05, 3.63) is 36.2 Å². The van der Waals surface area contributed by atoms with Gasteiger partial charge < -0.3 is 5.11 Å². The number of para-hydroxylation sites is 1. The maximum atomic E-state index is 10.7. The first-order valence-electron chi connectivity index (χ1n) is 6.05. The number of hydrogen-bond donors (Lipinski definition) is 1. The third-order valence-electron chi connectivity index (χ3n) is 2.57. The fraction of sp³-hybridized carbons (Fsp3) is 0.308. The summed E-state index contributed by atoms with van der Waals surface area (Å²) < 4.78 is 1.93. The highest BCUT2D eigenvalue weighted by atomic mass is 32.2. The molecule has 0 saturated carbocycles. The number of carbonyl (C=O) groups is 1. The van der Waals surface area contributed by atoms with Crippen LogP contribution in [0.1, 0.15) is 5.82 Å². The molecule has 106 valence electrons. The Balaban J connectivity index is 2.32. The van der Waals surface area contributed by atoms with Crippen molar-refractivity contribution in [2.75, 3.05) is 17.8 Å². The topological polar surface area (TPSA) is 68.0 Å². The van der Waals surface area contributed by atoms with Gasteiger partial charge in [-0.3, -0.25) is 9.36 Å². The third-order valence-corrected chi connectivity index (χ3v) is 4.10. The minimum Gasteiger partial charge on any atom is -0.481 e. The summed E-state index contributed by atoms with van der Waals surface area (Å²) in [7, 11) is 0. The maximum absolute atomic E-state index is 10.7. The van der Waals surface area contributed by atoms with Gasteiger partial charge in [0, 0.05) is 17.9 Å². The van der Waals surface area contributed by atoms with E-state index in [2.05, 4.69) is 10.2 Å². The molecule has 0 unspecified atom stereocenters. The highest BCUT2D eigenvalue weighted by Gasteiger charge is 2.15. The normalized spacial score (nSPS) is 10.7. The van der Waals surface area contributed by atoms with Gasteiger partial charge in [0.05, 0.1) is 5.75 Å². The van der Waals surface area contributed by atoms with Crippen LogP contribution in [0, 0.1) is 0 Å². The van der Waals surface area contributed by atoms with Crippen LogP contribution in [0.25, 0.3) is 5.69 Å². The first-order valence-corrected chi connectivity index (χ1v) is 8.43. The van der Waals surface area contributed by atoms with Crippen LogP contribution in [0.5, 0.6) is 0 Å². The smallest absolute Gasteiger partial charge is 0.313 e. The van der Waals surface area contributed by atoms with E-state index in [1.807, 2.05) is 41.2 Å². The predicted octanol–water partition coefficient (Wildman–Crippen LogP) is 2.35. The number of benzene rings is 1. The quantitative estimate of drug-likeness (QED) is 0.792. The Bertz CT molecular complexity index is 572. The van der Waals surface area contributed by atoms with Crippen molar-refractivity contribution >= 4 is 29.5 Å². The number of aryl methyl sites for hydroxylation is 1. The Kier molecular flexibility index (Phi) is 5.49. The highest BCUT2D eigenvalue weighted by Crippen LogP contribution is 2.22. The zero-order chi connectivity index (χ0) is 14.4. The number of aromatic nitrogens is 3. The molecule has 0 radical (unpaired) electrons. The van der Waals surface area contributed by atoms with Gasteiger partial charge in [0.15, 0.2) is 5.16 Å². The summed E-state index contributed by atoms with van der Waals surface area (Å²) in [4.78, 5) is 10.7. The first-order chi connectivity index (χ1) is 9.72. The van der Waals surface area contributed by atoms with Crippen LogP contribution in [0.15, 0.2) is 35.5 Å². The van der Waals surface area contributed by atoms with Crippen LogP contribution in [-0.4, -0.2) is 43.6 Å². The predicted molar refractivity (Wildman–Crippen MR) is 81.8 cm³/mol. The molecular weight excluding hydrogens is 294 g/mol. The van der Waals surface area contributed by atoms with Crippen molar-refractivity contribution < 1.29 is 9.90 Å². The molecule has 0 fully saturated rings. The molecule has 0 bridgehead atoms. The molecule has 5 nitrogen and oxygen atoms in total. The van der Waals surface area contributed by atoms with Gasteiger partial charge in [0.25, 0.3) is 0 Å². The average molecular weight is 309 g/mol. The van der Waals surface area contributed by atoms with E-state index >= 15 is 0 Å². The van der Waals surface area contributed by atoms with Crippen LogP contribution in [0.2, 0.25) is 0 Å². The minimum absolute atomic E-state index is 0.0203. The average Bonchev–Trinajstić information content (AvgIpc) is 2.86. The number of carboxylic acid groups (broad SMARTS) is 1. The zero-order valence-electron chi connectivity index (χ0n) is 11.0. The lowest BCUT2D eigenvalue weighted by Crippen LogP contribution is -2.05. The third kappa shape index (κ3) is 3.77. The van der Waals surface area contributed by atoms with Crippen molar-refractivity contribution in [1.29, 1.82) is 0 Å². The van der Waals surface area contributed by atoms with Crippen molar-refractivity contribution in [2.45, 2.75) is 11.6 Å². The number of carboxylic acids is 1. The molecule has 1 aromatic heterocycles. The lowest BCUT2D eigenvalue weighted by Gasteiger charge is -2.09. The lowest BCUT2D eigenvalue weighted by molar-refractivity contribution is -0.133. The zero-order valence-corrected chi connectivity index (χ0v) is 12.7. The van der Waals surface area contributed by atoms with Crippen molar-refractivity contribution in [3.8, 4) is 5.69 Å². The number of hydrogen-bond acceptors (Lipinski definition) is 5. The number of thioether (sulfide) groups is 2. The number of rotatable bonds is 7. The molecule has 20 heavy (non-hydrogen) atoms. The van der Waals surface area contributed by atoms with Gasteiger partial charge in [-0.15, -0.1) is 10.2 Å². The Labute approximate surface area is 125 Å². The molecule has 7 heteroatoms. The second-order valence-corrected chi connectivity index (χ2v) is 5.92. The van der Waals surface area contributed by atoms with E-state index in [0.717, 1.165) is 23.7 Å². The summed E-state index contributed by atoms with van der Waals surface area (Å²) in [5.41, 5.74) is 0.960. The van der Waals surface area contributed by atoms with E-state index < -0.39 is 5.97 Å². The molecular formula is C13H15N3O2S2. The van der Waals surface area contributed by atoms with Gasteiger partial charge in [0.1, 0.15) is 5.82 Å². The van der Waals surface area contributed by atoms with Gasteiger partial charge in [-0.2, -0.15) is 11.8 Å². The largest absolute Gasteiger partial charge is 0.481 e. The summed E-state index contributed by atoms with van der Waals surface area (Å²) in [6.45, 7) is 0. The Hall–Kier alpha value is -1.47. The van der Waals surface area contributed by atoms with Crippen molar-refractivity contribution in [1.82, 2.24) is 14.8 Å². The second-order valence-electron chi connectivity index (χ2n) is 3.99. The minimum atomic E-state index is -0.858. The lowest BCUT2D eigenvalue weighted by atomic mass is 10.3. The summed E-state index contributed by atoms with van der Waals surface area (Å²) in [5.74, 6) is 0.934. The molecule has 0 aliphatic rings. The fourth-order valence-corrected chi connectivity index (χ4v) is 2.79. The number of nitrogens with zero attached hydrogens (tertiary/aromatic N) is 3. The van der Waals surface area contributed by atoms with Gasteiger partial charge in [-0.05, 0) is 18.4 Å². The van der Waals surface area contributed by atoms with Crippen molar-refractivity contribution in [2.24, 2.45) is 0 Å². The molecule has 0 aliphatic heterocycles. The van der Waals surface area contributed by atoms with Crippen LogP contribution in [-0.2, 0) is 11.2 Å². The van der Waals surface area contributed by atoms with E-state index in [9.17, 15) is 4.79 Å². The van der Waals surface area contributed by atoms with E-state index in [-0.39, 0.29) is 5.75 Å². The van der Waals surface area contributed by atoms with Gasteiger partial charge >= 0.3 is 5.97 Å². The van der Waals surface area contributed by atoms with Gasteiger partial charge in [0.2, 0.25) is 0 Å². The Morgan fingerprint density at radius 1 is 1.30 bits per heavy atom. The molecule has 1 aromatic carbocycles. The molecule has 0 spiro atoms. The monoisotopic (exact) mass is 309 g/mol. The van der Waals surface area contributed by atoms with Crippen LogP contribution in [0.4, 0.5) is 0 Å². The van der Waals surface area contributed by atoms with Crippen LogP contribution < -0.4 is 0 Å². The SMILES string of the molecule is CSCCc1nnc(SCC(=O)O)n1-c1ccccc1. The van der Waals surface area contributed by atoms with Crippen molar-refractivity contribution in [3.63, 3.8) is 0 Å². The standard InChI is InChI=1S/C13H15N3O2S2/c1-19-8-7-11-14-15-13(20-9-12(17)18)16(11)10-5-3-2-4-6-10/h2-6H,7-9H2,1H3,(H,17,18). The molecule has 1 heterocycles. The maximum Gasteiger partial charge on any atom is 0.313 e. The molecule has 0 aliphatic carbocycles. The Morgan fingerprint density at radius 2 is 2.05 bits per heavy atom. The number of aliphatic carboxylic acids is 1. The molecule has 2 rings (SSSR count). The van der Waals surface area contributed by atoms with Crippen LogP contribution >= 0.6 is 23.5 Å². The fourth-order valence-electron chi connectivity index (χ4n) is 1.71. The highest BCUT2D eigenvalue weighted by molar-refractivity contribution is 7.99. The molecule has 0 atom stereocenters. The summed E-state index contributed by atoms with van der Waals surface area (Å²) in [6.07, 6.45) is 2.85.